The number of hydrogen-bond donors (Lipinski definition) is 1. The van der Waals surface area contributed by atoms with Crippen molar-refractivity contribution in [2.45, 2.75) is 4.90 Å². The molecule has 0 saturated heterocycles. The van der Waals surface area contributed by atoms with Crippen LogP contribution in [-0.2, 0) is 9.84 Å². The van der Waals surface area contributed by atoms with Crippen LogP contribution in [0.4, 0.5) is 0 Å². The first-order valence-electron chi connectivity index (χ1n) is 4.48. The van der Waals surface area contributed by atoms with Gasteiger partial charge in [-0.25, -0.2) is 13.2 Å². The van der Waals surface area contributed by atoms with Crippen LogP contribution in [0.5, 0.6) is 0 Å². The highest BCUT2D eigenvalue weighted by Gasteiger charge is 2.21. The second-order valence-corrected chi connectivity index (χ2v) is 6.33. The Labute approximate surface area is 119 Å². The number of carboxylic acids is 1. The fourth-order valence-corrected chi connectivity index (χ4v) is 3.51. The van der Waals surface area contributed by atoms with Crippen molar-refractivity contribution in [3.05, 3.63) is 39.4 Å². The molecule has 0 aliphatic heterocycles. The summed E-state index contributed by atoms with van der Waals surface area (Å²) in [5.74, 6) is -1.79. The number of carboxylic acid groups (broad SMARTS) is 1. The molecule has 0 bridgehead atoms. The van der Waals surface area contributed by atoms with E-state index in [1.807, 2.05) is 0 Å². The third kappa shape index (κ3) is 3.62. The van der Waals surface area contributed by atoms with E-state index in [2.05, 4.69) is 0 Å². The Morgan fingerprint density at radius 3 is 2.50 bits per heavy atom. The van der Waals surface area contributed by atoms with Gasteiger partial charge in [0.2, 0.25) is 0 Å². The van der Waals surface area contributed by atoms with Gasteiger partial charge in [0.25, 0.3) is 0 Å². The minimum Gasteiger partial charge on any atom is -0.478 e. The first-order chi connectivity index (χ1) is 8.27. The number of carbonyl (C=O) groups is 1. The Kier molecular flexibility index (Phi) is 5.04. The summed E-state index contributed by atoms with van der Waals surface area (Å²) < 4.78 is 23.9. The molecule has 8 heteroatoms. The van der Waals surface area contributed by atoms with Gasteiger partial charge in [0.1, 0.15) is 0 Å². The molecule has 0 spiro atoms. The van der Waals surface area contributed by atoms with E-state index in [-0.39, 0.29) is 20.5 Å². The predicted octanol–water partition coefficient (Wildman–Crippen LogP) is 3.13. The first kappa shape index (κ1) is 15.3. The average molecular weight is 330 g/mol. The lowest BCUT2D eigenvalue weighted by Crippen LogP contribution is -2.09. The summed E-state index contributed by atoms with van der Waals surface area (Å²) in [5.41, 5.74) is 0.748. The molecule has 0 saturated carbocycles. The lowest BCUT2D eigenvalue weighted by Gasteiger charge is -2.06. The second kappa shape index (κ2) is 5.93. The number of sulfone groups is 1. The Morgan fingerprint density at radius 2 is 2.00 bits per heavy atom. The van der Waals surface area contributed by atoms with E-state index in [1.165, 1.54) is 12.1 Å². The summed E-state index contributed by atoms with van der Waals surface area (Å²) in [4.78, 5) is 10.5. The molecule has 1 rings (SSSR count). The number of hydrogen-bond acceptors (Lipinski definition) is 3. The molecule has 0 unspecified atom stereocenters. The zero-order valence-corrected chi connectivity index (χ0v) is 11.8. The topological polar surface area (TPSA) is 71.4 Å². The van der Waals surface area contributed by atoms with E-state index in [1.54, 1.807) is 0 Å². The van der Waals surface area contributed by atoms with E-state index in [0.29, 0.717) is 0 Å². The van der Waals surface area contributed by atoms with Crippen LogP contribution < -0.4 is 0 Å². The lowest BCUT2D eigenvalue weighted by atomic mass is 10.2. The molecule has 98 valence electrons. The maximum atomic E-state index is 11.9. The molecule has 4 nitrogen and oxygen atoms in total. The molecule has 18 heavy (non-hydrogen) atoms. The van der Waals surface area contributed by atoms with Gasteiger partial charge in [-0.3, -0.25) is 0 Å². The van der Waals surface area contributed by atoms with Crippen molar-refractivity contribution in [2.75, 3.05) is 5.75 Å². The number of aromatic carboxylic acids is 1. The van der Waals surface area contributed by atoms with Crippen molar-refractivity contribution < 1.29 is 18.3 Å². The molecule has 0 heterocycles. The van der Waals surface area contributed by atoms with E-state index in [0.717, 1.165) is 11.6 Å². The van der Waals surface area contributed by atoms with E-state index in [9.17, 15) is 13.2 Å². The SMILES string of the molecule is O=C(O)c1ccc(Cl)c(S(=O)(=O)CC(Cl)=CCl)c1. The van der Waals surface area contributed by atoms with Crippen LogP contribution in [0.15, 0.2) is 33.7 Å². The van der Waals surface area contributed by atoms with Crippen molar-refractivity contribution >= 4 is 50.6 Å². The third-order valence-electron chi connectivity index (χ3n) is 1.96. The molecule has 1 aromatic rings. The molecule has 1 N–H and O–H groups in total. The molecule has 0 aromatic heterocycles. The monoisotopic (exact) mass is 328 g/mol. The van der Waals surface area contributed by atoms with Crippen LogP contribution in [0.25, 0.3) is 0 Å². The Balaban J connectivity index is 3.32. The maximum Gasteiger partial charge on any atom is 0.335 e. The summed E-state index contributed by atoms with van der Waals surface area (Å²) in [6, 6.07) is 3.40. The minimum absolute atomic E-state index is 0.0703. The first-order valence-corrected chi connectivity index (χ1v) is 7.32. The molecule has 0 aliphatic carbocycles. The van der Waals surface area contributed by atoms with Crippen LogP contribution >= 0.6 is 34.8 Å². The standard InChI is InChI=1S/C10H7Cl3O4S/c11-4-7(12)5-18(16,17)9-3-6(10(14)15)1-2-8(9)13/h1-4H,5H2,(H,14,15). The van der Waals surface area contributed by atoms with Crippen LogP contribution in [0.3, 0.4) is 0 Å². The normalized spacial score (nSPS) is 12.5. The second-order valence-electron chi connectivity index (χ2n) is 3.27. The van der Waals surface area contributed by atoms with E-state index in [4.69, 9.17) is 39.9 Å². The van der Waals surface area contributed by atoms with Crippen molar-refractivity contribution in [3.63, 3.8) is 0 Å². The fraction of sp³-hybridized carbons (Fsp3) is 0.100. The lowest BCUT2D eigenvalue weighted by molar-refractivity contribution is 0.0696. The average Bonchev–Trinajstić information content (AvgIpc) is 2.28. The summed E-state index contributed by atoms with van der Waals surface area (Å²) in [6.07, 6.45) is 0. The van der Waals surface area contributed by atoms with Gasteiger partial charge in [0.05, 0.1) is 21.2 Å². The molecule has 0 aliphatic rings. The van der Waals surface area contributed by atoms with Crippen LogP contribution in [-0.4, -0.2) is 25.2 Å². The quantitative estimate of drug-likeness (QED) is 0.921. The highest BCUT2D eigenvalue weighted by Crippen LogP contribution is 2.25. The van der Waals surface area contributed by atoms with Gasteiger partial charge in [-0.2, -0.15) is 0 Å². The molecule has 0 fully saturated rings. The number of halogens is 3. The predicted molar refractivity (Wildman–Crippen MR) is 70.3 cm³/mol. The summed E-state index contributed by atoms with van der Waals surface area (Å²) >= 11 is 16.6. The van der Waals surface area contributed by atoms with Crippen LogP contribution in [0.1, 0.15) is 10.4 Å². The molecule has 0 amide bonds. The summed E-state index contributed by atoms with van der Waals surface area (Å²) in [6.45, 7) is 0. The fourth-order valence-electron chi connectivity index (χ4n) is 1.17. The largest absolute Gasteiger partial charge is 0.478 e. The zero-order valence-electron chi connectivity index (χ0n) is 8.73. The highest BCUT2D eigenvalue weighted by atomic mass is 35.5. The minimum atomic E-state index is -3.84. The maximum absolute atomic E-state index is 11.9. The summed E-state index contributed by atoms with van der Waals surface area (Å²) in [7, 11) is -3.84. The van der Waals surface area contributed by atoms with Gasteiger partial charge in [-0.15, -0.1) is 0 Å². The van der Waals surface area contributed by atoms with Crippen molar-refractivity contribution in [1.82, 2.24) is 0 Å². The van der Waals surface area contributed by atoms with Crippen molar-refractivity contribution in [2.24, 2.45) is 0 Å². The zero-order chi connectivity index (χ0) is 13.9. The van der Waals surface area contributed by atoms with E-state index >= 15 is 0 Å². The summed E-state index contributed by atoms with van der Waals surface area (Å²) in [5, 5.41) is 8.64. The van der Waals surface area contributed by atoms with Crippen molar-refractivity contribution in [3.8, 4) is 0 Å². The van der Waals surface area contributed by atoms with Gasteiger partial charge in [0, 0.05) is 10.6 Å². The Hall–Kier alpha value is -0.750. The third-order valence-corrected chi connectivity index (χ3v) is 4.88. The Bertz CT molecular complexity index is 608. The highest BCUT2D eigenvalue weighted by molar-refractivity contribution is 7.91. The number of benzene rings is 1. The van der Waals surface area contributed by atoms with Gasteiger partial charge >= 0.3 is 5.97 Å². The van der Waals surface area contributed by atoms with Gasteiger partial charge in [0.15, 0.2) is 9.84 Å². The number of rotatable bonds is 4. The van der Waals surface area contributed by atoms with E-state index < -0.39 is 21.6 Å². The molecule has 0 radical (unpaired) electrons. The van der Waals surface area contributed by atoms with Gasteiger partial charge < -0.3 is 5.11 Å². The molecule has 1 aromatic carbocycles. The Morgan fingerprint density at radius 1 is 1.39 bits per heavy atom. The van der Waals surface area contributed by atoms with Gasteiger partial charge in [-0.05, 0) is 18.2 Å². The van der Waals surface area contributed by atoms with Crippen LogP contribution in [0, 0.1) is 0 Å². The molecule has 0 atom stereocenters. The smallest absolute Gasteiger partial charge is 0.335 e. The molecular weight excluding hydrogens is 323 g/mol. The van der Waals surface area contributed by atoms with Crippen molar-refractivity contribution in [1.29, 1.82) is 0 Å². The van der Waals surface area contributed by atoms with Crippen LogP contribution in [0.2, 0.25) is 5.02 Å². The molecular formula is C10H7Cl3O4S. The van der Waals surface area contributed by atoms with Gasteiger partial charge in [-0.1, -0.05) is 34.8 Å².